The van der Waals surface area contributed by atoms with E-state index in [1.807, 2.05) is 6.07 Å². The number of hydrogen-bond acceptors (Lipinski definition) is 4. The van der Waals surface area contributed by atoms with Gasteiger partial charge in [-0.3, -0.25) is 4.79 Å². The number of carboxylic acids is 1. The van der Waals surface area contributed by atoms with Crippen LogP contribution in [-0.4, -0.2) is 29.1 Å². The molecule has 1 saturated heterocycles. The Labute approximate surface area is 86.6 Å². The number of hydrogen-bond donors (Lipinski definition) is 1. The van der Waals surface area contributed by atoms with E-state index in [-0.39, 0.29) is 5.92 Å². The van der Waals surface area contributed by atoms with E-state index in [0.717, 1.165) is 0 Å². The van der Waals surface area contributed by atoms with E-state index in [1.54, 1.807) is 23.2 Å². The maximum Gasteiger partial charge on any atom is 0.310 e. The molecular weight excluding hydrogens is 194 g/mol. The maximum absolute atomic E-state index is 10.6. The summed E-state index contributed by atoms with van der Waals surface area (Å²) in [7, 11) is 0. The van der Waals surface area contributed by atoms with Crippen LogP contribution in [0.15, 0.2) is 18.3 Å². The zero-order valence-electron chi connectivity index (χ0n) is 7.92. The number of carboxylic acid groups (broad SMARTS) is 1. The molecule has 1 aliphatic heterocycles. The number of nitriles is 1. The number of carbonyl (C=O) groups is 1. The predicted molar refractivity (Wildman–Crippen MR) is 52.3 cm³/mol. The number of rotatable bonds is 2. The molecule has 1 aliphatic rings. The normalized spacial score (nSPS) is 15.5. The third kappa shape index (κ3) is 1.62. The lowest BCUT2D eigenvalue weighted by atomic mass is 10.00. The molecule has 2 rings (SSSR count). The molecule has 1 fully saturated rings. The number of pyridine rings is 1. The summed E-state index contributed by atoms with van der Waals surface area (Å²) >= 11 is 0. The van der Waals surface area contributed by atoms with Crippen molar-refractivity contribution in [3.8, 4) is 6.07 Å². The molecule has 1 aromatic heterocycles. The van der Waals surface area contributed by atoms with Crippen molar-refractivity contribution < 1.29 is 9.90 Å². The summed E-state index contributed by atoms with van der Waals surface area (Å²) in [6.07, 6.45) is 1.60. The van der Waals surface area contributed by atoms with E-state index < -0.39 is 5.97 Å². The molecule has 0 spiro atoms. The van der Waals surface area contributed by atoms with E-state index in [4.69, 9.17) is 10.4 Å². The highest BCUT2D eigenvalue weighted by atomic mass is 16.4. The van der Waals surface area contributed by atoms with Crippen LogP contribution in [-0.2, 0) is 4.79 Å². The molecule has 0 aliphatic carbocycles. The van der Waals surface area contributed by atoms with Crippen LogP contribution in [0.25, 0.3) is 0 Å². The van der Waals surface area contributed by atoms with Crippen molar-refractivity contribution in [3.63, 3.8) is 0 Å². The lowest BCUT2D eigenvalue weighted by Gasteiger charge is -2.37. The molecule has 5 heteroatoms. The summed E-state index contributed by atoms with van der Waals surface area (Å²) < 4.78 is 0. The van der Waals surface area contributed by atoms with Crippen molar-refractivity contribution in [2.24, 2.45) is 5.92 Å². The highest BCUT2D eigenvalue weighted by Crippen LogP contribution is 2.25. The van der Waals surface area contributed by atoms with Crippen LogP contribution in [0.4, 0.5) is 5.82 Å². The Balaban J connectivity index is 2.14. The lowest BCUT2D eigenvalue weighted by Crippen LogP contribution is -2.51. The van der Waals surface area contributed by atoms with Gasteiger partial charge in [-0.15, -0.1) is 0 Å². The van der Waals surface area contributed by atoms with Gasteiger partial charge in [-0.2, -0.15) is 5.26 Å². The standard InChI is InChI=1S/C10H9N3O2/c11-4-7-2-1-3-12-9(7)13-5-8(6-13)10(14)15/h1-3,8H,5-6H2,(H,14,15). The molecule has 1 N–H and O–H groups in total. The minimum atomic E-state index is -0.791. The summed E-state index contributed by atoms with van der Waals surface area (Å²) in [6, 6.07) is 5.41. The molecule has 5 nitrogen and oxygen atoms in total. The molecule has 76 valence electrons. The topological polar surface area (TPSA) is 77.2 Å². The van der Waals surface area contributed by atoms with Crippen LogP contribution in [0.1, 0.15) is 5.56 Å². The van der Waals surface area contributed by atoms with E-state index in [2.05, 4.69) is 4.98 Å². The summed E-state index contributed by atoms with van der Waals surface area (Å²) in [5, 5.41) is 17.5. The summed E-state index contributed by atoms with van der Waals surface area (Å²) in [5.74, 6) is -0.545. The second-order valence-corrected chi connectivity index (χ2v) is 3.43. The van der Waals surface area contributed by atoms with Gasteiger partial charge in [0.25, 0.3) is 0 Å². The Morgan fingerprint density at radius 2 is 2.40 bits per heavy atom. The van der Waals surface area contributed by atoms with Gasteiger partial charge >= 0.3 is 5.97 Å². The first-order valence-electron chi connectivity index (χ1n) is 4.55. The van der Waals surface area contributed by atoms with Crippen molar-refractivity contribution in [1.29, 1.82) is 5.26 Å². The fourth-order valence-electron chi connectivity index (χ4n) is 1.54. The van der Waals surface area contributed by atoms with Gasteiger partial charge in [0.2, 0.25) is 0 Å². The van der Waals surface area contributed by atoms with Crippen LogP contribution in [0, 0.1) is 17.2 Å². The Morgan fingerprint density at radius 3 is 3.00 bits per heavy atom. The fourth-order valence-corrected chi connectivity index (χ4v) is 1.54. The minimum absolute atomic E-state index is 0.335. The second-order valence-electron chi connectivity index (χ2n) is 3.43. The predicted octanol–water partition coefficient (Wildman–Crippen LogP) is 0.474. The Morgan fingerprint density at radius 1 is 1.67 bits per heavy atom. The third-order valence-corrected chi connectivity index (χ3v) is 2.44. The number of anilines is 1. The quantitative estimate of drug-likeness (QED) is 0.756. The van der Waals surface area contributed by atoms with Gasteiger partial charge in [0.1, 0.15) is 11.9 Å². The van der Waals surface area contributed by atoms with Crippen LogP contribution >= 0.6 is 0 Å². The first-order chi connectivity index (χ1) is 7.22. The van der Waals surface area contributed by atoms with Crippen LogP contribution in [0.3, 0.4) is 0 Å². The van der Waals surface area contributed by atoms with Gasteiger partial charge in [0.05, 0.1) is 11.5 Å². The molecule has 1 aromatic rings. The van der Waals surface area contributed by atoms with Crippen LogP contribution in [0.5, 0.6) is 0 Å². The van der Waals surface area contributed by atoms with Gasteiger partial charge < -0.3 is 10.0 Å². The molecule has 0 radical (unpaired) electrons. The Kier molecular flexibility index (Phi) is 2.26. The third-order valence-electron chi connectivity index (χ3n) is 2.44. The van der Waals surface area contributed by atoms with Crippen molar-refractivity contribution in [1.82, 2.24) is 4.98 Å². The number of aromatic nitrogens is 1. The monoisotopic (exact) mass is 203 g/mol. The van der Waals surface area contributed by atoms with E-state index in [9.17, 15) is 4.79 Å². The SMILES string of the molecule is N#Cc1cccnc1N1CC(C(=O)O)C1. The van der Waals surface area contributed by atoms with E-state index in [1.165, 1.54) is 0 Å². The highest BCUT2D eigenvalue weighted by molar-refractivity contribution is 5.74. The first kappa shape index (κ1) is 9.46. The van der Waals surface area contributed by atoms with Crippen molar-refractivity contribution in [3.05, 3.63) is 23.9 Å². The zero-order chi connectivity index (χ0) is 10.8. The molecule has 15 heavy (non-hydrogen) atoms. The molecule has 0 amide bonds. The van der Waals surface area contributed by atoms with Crippen molar-refractivity contribution >= 4 is 11.8 Å². The van der Waals surface area contributed by atoms with Gasteiger partial charge in [0.15, 0.2) is 0 Å². The first-order valence-corrected chi connectivity index (χ1v) is 4.55. The maximum atomic E-state index is 10.6. The second kappa shape index (κ2) is 3.58. The Bertz CT molecular complexity index is 433. The lowest BCUT2D eigenvalue weighted by molar-refractivity contribution is -0.142. The van der Waals surface area contributed by atoms with Gasteiger partial charge in [-0.05, 0) is 12.1 Å². The van der Waals surface area contributed by atoms with E-state index in [0.29, 0.717) is 24.5 Å². The van der Waals surface area contributed by atoms with Gasteiger partial charge in [0, 0.05) is 19.3 Å². The van der Waals surface area contributed by atoms with Crippen LogP contribution < -0.4 is 4.90 Å². The molecule has 2 heterocycles. The largest absolute Gasteiger partial charge is 0.481 e. The smallest absolute Gasteiger partial charge is 0.310 e. The molecule has 0 unspecified atom stereocenters. The van der Waals surface area contributed by atoms with E-state index >= 15 is 0 Å². The molecule has 0 bridgehead atoms. The highest BCUT2D eigenvalue weighted by Gasteiger charge is 2.34. The Hall–Kier alpha value is -2.09. The average molecular weight is 203 g/mol. The molecule has 0 saturated carbocycles. The molecule has 0 aromatic carbocycles. The van der Waals surface area contributed by atoms with Gasteiger partial charge in [-0.25, -0.2) is 4.98 Å². The van der Waals surface area contributed by atoms with Crippen LogP contribution in [0.2, 0.25) is 0 Å². The minimum Gasteiger partial charge on any atom is -0.481 e. The number of aliphatic carboxylic acids is 1. The summed E-state index contributed by atoms with van der Waals surface area (Å²) in [5.41, 5.74) is 0.487. The van der Waals surface area contributed by atoms with Crippen molar-refractivity contribution in [2.45, 2.75) is 0 Å². The molecule has 0 atom stereocenters. The molecular formula is C10H9N3O2. The zero-order valence-corrected chi connectivity index (χ0v) is 7.92. The van der Waals surface area contributed by atoms with Gasteiger partial charge in [-0.1, -0.05) is 0 Å². The average Bonchev–Trinajstić information content (AvgIpc) is 2.15. The summed E-state index contributed by atoms with van der Waals surface area (Å²) in [4.78, 5) is 16.5. The summed E-state index contributed by atoms with van der Waals surface area (Å²) in [6.45, 7) is 0.863. The number of nitrogens with zero attached hydrogens (tertiary/aromatic N) is 3. The van der Waals surface area contributed by atoms with Crippen molar-refractivity contribution in [2.75, 3.05) is 18.0 Å². The fraction of sp³-hybridized carbons (Fsp3) is 0.300.